The average Bonchev–Trinajstić information content (AvgIpc) is 3.75. The van der Waals surface area contributed by atoms with Crippen LogP contribution in [-0.4, -0.2) is 70.8 Å². The van der Waals surface area contributed by atoms with Gasteiger partial charge in [0.25, 0.3) is 11.8 Å². The van der Waals surface area contributed by atoms with E-state index in [9.17, 15) is 19.2 Å². The zero-order valence-corrected chi connectivity index (χ0v) is 30.7. The second kappa shape index (κ2) is 15.1. The van der Waals surface area contributed by atoms with Crippen molar-refractivity contribution in [1.29, 1.82) is 0 Å². The molecule has 2 atom stereocenters. The smallest absolute Gasteiger partial charge is 0.262 e. The van der Waals surface area contributed by atoms with Crippen molar-refractivity contribution >= 4 is 35.1 Å². The number of rotatable bonds is 13. The molecule has 12 heteroatoms. The van der Waals surface area contributed by atoms with Crippen LogP contribution >= 0.6 is 0 Å². The maximum absolute atomic E-state index is 13.3. The average molecular weight is 730 g/mol. The molecule has 1 aromatic heterocycles. The summed E-state index contributed by atoms with van der Waals surface area (Å²) >= 11 is 0. The summed E-state index contributed by atoms with van der Waals surface area (Å²) in [6, 6.07) is 22.4. The van der Waals surface area contributed by atoms with E-state index in [2.05, 4.69) is 64.9 Å². The van der Waals surface area contributed by atoms with Crippen LogP contribution in [0.25, 0.3) is 5.76 Å². The molecule has 278 valence electrons. The van der Waals surface area contributed by atoms with E-state index in [4.69, 9.17) is 14.2 Å². The summed E-state index contributed by atoms with van der Waals surface area (Å²) in [4.78, 5) is 62.3. The molecule has 1 N–H and O–H groups in total. The Morgan fingerprint density at radius 2 is 1.57 bits per heavy atom. The Bertz CT molecular complexity index is 2100. The van der Waals surface area contributed by atoms with E-state index in [1.165, 1.54) is 0 Å². The second-order valence-corrected chi connectivity index (χ2v) is 14.3. The molecule has 4 aromatic rings. The summed E-state index contributed by atoms with van der Waals surface area (Å²) in [6.07, 6.45) is 2.80. The molecule has 7 rings (SSSR count). The van der Waals surface area contributed by atoms with E-state index in [-0.39, 0.29) is 35.3 Å². The van der Waals surface area contributed by atoms with Crippen LogP contribution in [0.15, 0.2) is 85.6 Å². The van der Waals surface area contributed by atoms with Gasteiger partial charge in [0.15, 0.2) is 11.6 Å². The van der Waals surface area contributed by atoms with Crippen LogP contribution in [0.3, 0.4) is 0 Å². The number of nitrogens with zero attached hydrogens (tertiary/aromatic N) is 4. The van der Waals surface area contributed by atoms with Gasteiger partial charge in [0, 0.05) is 42.7 Å². The Hall–Kier alpha value is -6.04. The van der Waals surface area contributed by atoms with Gasteiger partial charge in [-0.1, -0.05) is 44.7 Å². The third kappa shape index (κ3) is 7.41. The van der Waals surface area contributed by atoms with Crippen LogP contribution in [0.2, 0.25) is 0 Å². The number of aromatic nitrogens is 2. The molecule has 3 aromatic carbocycles. The number of carbonyl (C=O) groups excluding carboxylic acids is 4. The highest BCUT2D eigenvalue weighted by Crippen LogP contribution is 2.35. The second-order valence-electron chi connectivity index (χ2n) is 14.3. The summed E-state index contributed by atoms with van der Waals surface area (Å²) < 4.78 is 17.7. The lowest BCUT2D eigenvalue weighted by atomic mass is 9.78. The molecule has 0 saturated carbocycles. The minimum absolute atomic E-state index is 0.0853. The van der Waals surface area contributed by atoms with Gasteiger partial charge in [0.1, 0.15) is 24.1 Å². The van der Waals surface area contributed by atoms with Gasteiger partial charge >= 0.3 is 0 Å². The largest absolute Gasteiger partial charge is 0.493 e. The molecule has 54 heavy (non-hydrogen) atoms. The zero-order valence-electron chi connectivity index (χ0n) is 30.7. The Labute approximate surface area is 314 Å². The lowest BCUT2D eigenvalue weighted by Gasteiger charge is -2.27. The van der Waals surface area contributed by atoms with Crippen molar-refractivity contribution in [1.82, 2.24) is 20.2 Å². The topological polar surface area (TPSA) is 140 Å². The fraction of sp³-hybridized carbons (Fsp3) is 0.333. The van der Waals surface area contributed by atoms with E-state index in [1.807, 2.05) is 43.3 Å². The van der Waals surface area contributed by atoms with Gasteiger partial charge in [0.2, 0.25) is 11.8 Å². The first-order valence-corrected chi connectivity index (χ1v) is 18.2. The Balaban J connectivity index is 0.909. The van der Waals surface area contributed by atoms with Crippen molar-refractivity contribution in [3.8, 4) is 11.5 Å². The molecule has 2 fully saturated rings. The molecular formula is C42H43N5O7. The number of imide groups is 2. The highest BCUT2D eigenvalue weighted by Gasteiger charge is 2.45. The van der Waals surface area contributed by atoms with Crippen LogP contribution in [-0.2, 0) is 26.3 Å². The Morgan fingerprint density at radius 1 is 0.889 bits per heavy atom. The number of hydrogen-bond donors (Lipinski definition) is 1. The molecule has 0 spiro atoms. The lowest BCUT2D eigenvalue weighted by molar-refractivity contribution is -0.136. The molecular weight excluding hydrogens is 686 g/mol. The number of benzene rings is 3. The third-order valence-corrected chi connectivity index (χ3v) is 10.4. The zero-order chi connectivity index (χ0) is 38.0. The van der Waals surface area contributed by atoms with Gasteiger partial charge in [-0.25, -0.2) is 9.97 Å². The number of carbonyl (C=O) groups is 4. The Kier molecular flexibility index (Phi) is 10.2. The Morgan fingerprint density at radius 3 is 2.26 bits per heavy atom. The summed E-state index contributed by atoms with van der Waals surface area (Å²) in [7, 11) is 0. The number of piperidine rings is 1. The van der Waals surface area contributed by atoms with Crippen molar-refractivity contribution in [3.05, 3.63) is 119 Å². The fourth-order valence-electron chi connectivity index (χ4n) is 7.18. The number of anilines is 1. The number of amides is 4. The number of ether oxygens (including phenoxy) is 3. The predicted octanol–water partition coefficient (Wildman–Crippen LogP) is 5.70. The highest BCUT2D eigenvalue weighted by atomic mass is 16.5. The van der Waals surface area contributed by atoms with Gasteiger partial charge < -0.3 is 19.1 Å². The fourth-order valence-corrected chi connectivity index (χ4v) is 7.18. The molecule has 4 amide bonds. The minimum Gasteiger partial charge on any atom is -0.493 e. The molecule has 0 radical (unpaired) electrons. The summed E-state index contributed by atoms with van der Waals surface area (Å²) in [5, 5.41) is 2.23. The van der Waals surface area contributed by atoms with Crippen molar-refractivity contribution in [3.63, 3.8) is 0 Å². The molecule has 0 bridgehead atoms. The standard InChI is InChI=1S/C42H43N5O7/c1-5-52-26(2)38-43-20-18-30(44-38)25-54-33-13-8-29(9-14-33)42(3,4)28-6-11-32(12-7-28)53-24-27-19-21-46(23-27)31-10-15-34-35(22-31)41(51)47(40(34)50)36-16-17-37(48)45-39(36)49/h6-15,18,20,22,27,36H,2,5,16-17,19,21,23-25H2,1,3-4H3,(H,45,48,49). The maximum Gasteiger partial charge on any atom is 0.262 e. The van der Waals surface area contributed by atoms with Crippen LogP contribution in [0, 0.1) is 5.92 Å². The highest BCUT2D eigenvalue weighted by molar-refractivity contribution is 6.23. The van der Waals surface area contributed by atoms with Gasteiger partial charge in [-0.05, 0) is 79.4 Å². The van der Waals surface area contributed by atoms with E-state index in [0.717, 1.165) is 58.4 Å². The van der Waals surface area contributed by atoms with E-state index in [1.54, 1.807) is 18.3 Å². The maximum atomic E-state index is 13.3. The van der Waals surface area contributed by atoms with E-state index in [0.29, 0.717) is 31.4 Å². The molecule has 0 aliphatic carbocycles. The third-order valence-electron chi connectivity index (χ3n) is 10.4. The minimum atomic E-state index is -0.983. The number of fused-ring (bicyclic) bond motifs is 1. The van der Waals surface area contributed by atoms with Crippen LogP contribution < -0.4 is 19.7 Å². The number of nitrogens with one attached hydrogen (secondary N) is 1. The van der Waals surface area contributed by atoms with Crippen molar-refractivity contribution in [2.75, 3.05) is 31.2 Å². The van der Waals surface area contributed by atoms with Gasteiger partial charge in [-0.15, -0.1) is 0 Å². The van der Waals surface area contributed by atoms with Crippen LogP contribution in [0.1, 0.15) is 83.4 Å². The molecule has 12 nitrogen and oxygen atoms in total. The summed E-state index contributed by atoms with van der Waals surface area (Å²) in [5.74, 6) is 0.678. The first-order valence-electron chi connectivity index (χ1n) is 18.2. The SMILES string of the molecule is C=C(OCC)c1nccc(COc2ccc(C(C)(C)c3ccc(OCC4CCN(c5ccc6c(c5)C(=O)N(C5CCC(=O)NC5=O)C6=O)C4)cc3)cc2)n1. The van der Waals surface area contributed by atoms with Crippen LogP contribution in [0.5, 0.6) is 11.5 Å². The van der Waals surface area contributed by atoms with Gasteiger partial charge in [0.05, 0.1) is 30.0 Å². The molecule has 2 unspecified atom stereocenters. The van der Waals surface area contributed by atoms with E-state index < -0.39 is 29.7 Å². The quantitative estimate of drug-likeness (QED) is 0.135. The van der Waals surface area contributed by atoms with Crippen molar-refractivity contribution in [2.45, 2.75) is 58.1 Å². The molecule has 4 heterocycles. The van der Waals surface area contributed by atoms with E-state index >= 15 is 0 Å². The van der Waals surface area contributed by atoms with Gasteiger partial charge in [-0.2, -0.15) is 0 Å². The first-order chi connectivity index (χ1) is 26.0. The lowest BCUT2D eigenvalue weighted by Crippen LogP contribution is -2.54. The van der Waals surface area contributed by atoms with Crippen LogP contribution in [0.4, 0.5) is 5.69 Å². The van der Waals surface area contributed by atoms with Crippen molar-refractivity contribution in [2.24, 2.45) is 5.92 Å². The number of hydrogen-bond acceptors (Lipinski definition) is 10. The molecule has 2 saturated heterocycles. The first kappa shape index (κ1) is 36.3. The molecule has 3 aliphatic heterocycles. The molecule has 3 aliphatic rings. The summed E-state index contributed by atoms with van der Waals surface area (Å²) in [5.41, 5.74) is 4.18. The van der Waals surface area contributed by atoms with Crippen molar-refractivity contribution < 1.29 is 33.4 Å². The monoisotopic (exact) mass is 729 g/mol. The van der Waals surface area contributed by atoms with Gasteiger partial charge in [-0.3, -0.25) is 29.4 Å². The normalized spacial score (nSPS) is 18.4. The predicted molar refractivity (Wildman–Crippen MR) is 201 cm³/mol. The summed E-state index contributed by atoms with van der Waals surface area (Å²) in [6.45, 7) is 13.0.